The number of pyridine rings is 1. The largest absolute Gasteiger partial charge is 0.506 e. The summed E-state index contributed by atoms with van der Waals surface area (Å²) in [5, 5.41) is 37.3. The molecule has 1 aromatic heterocycles. The zero-order chi connectivity index (χ0) is 32.7. The molecule has 0 saturated carbocycles. The fraction of sp³-hybridized carbons (Fsp3) is 0.314. The number of aliphatic hydroxyl groups is 1. The van der Waals surface area contributed by atoms with E-state index in [0.717, 1.165) is 12.0 Å². The molecule has 11 nitrogen and oxygen atoms in total. The molecule has 11 heteroatoms. The summed E-state index contributed by atoms with van der Waals surface area (Å²) < 4.78 is 0. The third-order valence-corrected chi connectivity index (χ3v) is 8.70. The Hall–Kier alpha value is -5.00. The van der Waals surface area contributed by atoms with Gasteiger partial charge in [0.25, 0.3) is 11.8 Å². The molecule has 240 valence electrons. The number of phenolic OH excluding ortho intramolecular Hbond substituents is 1. The number of aliphatic carboxylic acids is 1. The van der Waals surface area contributed by atoms with Gasteiger partial charge >= 0.3 is 5.97 Å². The lowest BCUT2D eigenvalue weighted by atomic mass is 9.73. The number of nitrogens with one attached hydrogen (secondary N) is 3. The second-order valence-corrected chi connectivity index (χ2v) is 11.6. The molecule has 5 rings (SSSR count). The Kier molecular flexibility index (Phi) is 10.1. The van der Waals surface area contributed by atoms with Gasteiger partial charge in [-0.1, -0.05) is 36.4 Å². The van der Waals surface area contributed by atoms with Crippen LogP contribution in [0.2, 0.25) is 0 Å². The number of carbonyl (C=O) groups excluding carboxylic acids is 2. The molecule has 0 radical (unpaired) electrons. The predicted molar refractivity (Wildman–Crippen MR) is 173 cm³/mol. The Labute approximate surface area is 265 Å². The van der Waals surface area contributed by atoms with E-state index in [-0.39, 0.29) is 35.2 Å². The quantitative estimate of drug-likeness (QED) is 0.130. The first-order valence-electron chi connectivity index (χ1n) is 15.4. The number of phenols is 1. The van der Waals surface area contributed by atoms with Crippen molar-refractivity contribution >= 4 is 28.7 Å². The summed E-state index contributed by atoms with van der Waals surface area (Å²) in [6.45, 7) is 2.01. The molecule has 2 heterocycles. The number of carboxylic acid groups (broad SMARTS) is 1. The number of H-pyrrole nitrogens is 1. The molecule has 1 aliphatic rings. The van der Waals surface area contributed by atoms with Crippen LogP contribution in [-0.2, 0) is 10.2 Å². The van der Waals surface area contributed by atoms with Crippen LogP contribution in [0, 0.1) is 0 Å². The number of fused-ring (bicyclic) bond motifs is 1. The number of aromatic hydroxyl groups is 1. The van der Waals surface area contributed by atoms with Crippen LogP contribution in [0.5, 0.6) is 5.75 Å². The SMILES string of the molecule is O=C(NCCCCNCC(O)c1ccc(O)c2[nH]c(=O)ccc12)c1ccc(C(=O)N2CCC(C(=O)O)(c3ccccc3)CC2)cc1. The Morgan fingerprint density at radius 1 is 0.870 bits per heavy atom. The fourth-order valence-electron chi connectivity index (χ4n) is 6.00. The number of aromatic amines is 1. The van der Waals surface area contributed by atoms with E-state index < -0.39 is 17.5 Å². The highest BCUT2D eigenvalue weighted by Crippen LogP contribution is 2.36. The van der Waals surface area contributed by atoms with Crippen molar-refractivity contribution in [2.45, 2.75) is 37.2 Å². The molecule has 1 fully saturated rings. The second-order valence-electron chi connectivity index (χ2n) is 11.6. The van der Waals surface area contributed by atoms with E-state index in [2.05, 4.69) is 15.6 Å². The topological polar surface area (TPSA) is 172 Å². The molecular formula is C35H38N4O7. The molecule has 1 saturated heterocycles. The number of unbranched alkanes of at least 4 members (excludes halogenated alkanes) is 1. The lowest BCUT2D eigenvalue weighted by Crippen LogP contribution is -2.49. The Morgan fingerprint density at radius 2 is 1.54 bits per heavy atom. The van der Waals surface area contributed by atoms with Gasteiger partial charge in [0.2, 0.25) is 5.56 Å². The van der Waals surface area contributed by atoms with Crippen molar-refractivity contribution in [3.8, 4) is 5.75 Å². The van der Waals surface area contributed by atoms with Gasteiger partial charge in [0.05, 0.1) is 17.0 Å². The molecule has 1 aliphatic heterocycles. The van der Waals surface area contributed by atoms with Crippen LogP contribution >= 0.6 is 0 Å². The summed E-state index contributed by atoms with van der Waals surface area (Å²) in [7, 11) is 0. The number of carbonyl (C=O) groups is 3. The summed E-state index contributed by atoms with van der Waals surface area (Å²) in [4.78, 5) is 53.9. The number of amides is 2. The summed E-state index contributed by atoms with van der Waals surface area (Å²) in [6.07, 6.45) is 1.28. The van der Waals surface area contributed by atoms with Crippen LogP contribution in [0.1, 0.15) is 63.6 Å². The molecule has 1 atom stereocenters. The minimum atomic E-state index is -1.01. The van der Waals surface area contributed by atoms with E-state index in [9.17, 15) is 34.5 Å². The average molecular weight is 627 g/mol. The first kappa shape index (κ1) is 32.4. The third kappa shape index (κ3) is 7.11. The zero-order valence-corrected chi connectivity index (χ0v) is 25.4. The Morgan fingerprint density at radius 3 is 2.24 bits per heavy atom. The molecule has 4 aromatic rings. The van der Waals surface area contributed by atoms with Crippen molar-refractivity contribution < 1.29 is 29.7 Å². The maximum absolute atomic E-state index is 13.1. The van der Waals surface area contributed by atoms with Crippen molar-refractivity contribution in [1.82, 2.24) is 20.5 Å². The van der Waals surface area contributed by atoms with Gasteiger partial charge in [-0.2, -0.15) is 0 Å². The zero-order valence-electron chi connectivity index (χ0n) is 25.4. The Bertz CT molecular complexity index is 1750. The standard InChI is InChI=1S/C35H38N4O7/c40-28-14-12-26(27-13-15-30(42)38-31(27)28)29(41)22-36-18-4-5-19-37-32(43)23-8-10-24(11-9-23)33(44)39-20-16-35(17-21-39,34(45)46)25-6-2-1-3-7-25/h1-3,6-15,29,36,40-41H,4-5,16-22H2,(H,37,43)(H,38,42)(H,45,46). The highest BCUT2D eigenvalue weighted by Gasteiger charge is 2.43. The van der Waals surface area contributed by atoms with Gasteiger partial charge in [-0.15, -0.1) is 0 Å². The summed E-state index contributed by atoms with van der Waals surface area (Å²) in [5.74, 6) is -1.37. The van der Waals surface area contributed by atoms with Crippen molar-refractivity contribution in [2.75, 3.05) is 32.7 Å². The molecule has 2 amide bonds. The number of likely N-dealkylation sites (tertiary alicyclic amines) is 1. The molecule has 0 spiro atoms. The molecule has 46 heavy (non-hydrogen) atoms. The maximum Gasteiger partial charge on any atom is 0.314 e. The molecular weight excluding hydrogens is 588 g/mol. The summed E-state index contributed by atoms with van der Waals surface area (Å²) in [6, 6.07) is 21.6. The lowest BCUT2D eigenvalue weighted by molar-refractivity contribution is -0.145. The predicted octanol–water partition coefficient (Wildman–Crippen LogP) is 3.33. The number of piperidine rings is 1. The van der Waals surface area contributed by atoms with E-state index in [1.165, 1.54) is 12.1 Å². The molecule has 3 aromatic carbocycles. The molecule has 6 N–H and O–H groups in total. The van der Waals surface area contributed by atoms with Gasteiger partial charge in [0, 0.05) is 48.8 Å². The van der Waals surface area contributed by atoms with Crippen LogP contribution in [0.15, 0.2) is 83.7 Å². The van der Waals surface area contributed by atoms with Crippen molar-refractivity contribution in [3.63, 3.8) is 0 Å². The van der Waals surface area contributed by atoms with Crippen LogP contribution in [0.3, 0.4) is 0 Å². The maximum atomic E-state index is 13.1. The fourth-order valence-corrected chi connectivity index (χ4v) is 6.00. The van der Waals surface area contributed by atoms with Gasteiger partial charge in [0.15, 0.2) is 0 Å². The van der Waals surface area contributed by atoms with E-state index in [0.29, 0.717) is 67.5 Å². The molecule has 0 aliphatic carbocycles. The average Bonchev–Trinajstić information content (AvgIpc) is 3.08. The van der Waals surface area contributed by atoms with E-state index >= 15 is 0 Å². The number of nitrogens with zero attached hydrogens (tertiary/aromatic N) is 1. The normalized spacial score (nSPS) is 14.9. The van der Waals surface area contributed by atoms with Crippen LogP contribution < -0.4 is 16.2 Å². The van der Waals surface area contributed by atoms with Crippen LogP contribution in [0.4, 0.5) is 0 Å². The number of rotatable bonds is 12. The second kappa shape index (κ2) is 14.4. The van der Waals surface area contributed by atoms with Gasteiger partial charge in [-0.05, 0) is 79.8 Å². The van der Waals surface area contributed by atoms with Gasteiger partial charge in [0.1, 0.15) is 5.75 Å². The first-order valence-corrected chi connectivity index (χ1v) is 15.4. The van der Waals surface area contributed by atoms with Crippen LogP contribution in [0.25, 0.3) is 10.9 Å². The van der Waals surface area contributed by atoms with E-state index in [4.69, 9.17) is 0 Å². The number of aliphatic hydroxyl groups excluding tert-OH is 1. The van der Waals surface area contributed by atoms with Gasteiger partial charge < -0.3 is 35.8 Å². The van der Waals surface area contributed by atoms with Crippen molar-refractivity contribution in [1.29, 1.82) is 0 Å². The monoisotopic (exact) mass is 626 g/mol. The number of benzene rings is 3. The third-order valence-electron chi connectivity index (χ3n) is 8.70. The van der Waals surface area contributed by atoms with Crippen LogP contribution in [-0.4, -0.2) is 75.7 Å². The summed E-state index contributed by atoms with van der Waals surface area (Å²) >= 11 is 0. The van der Waals surface area contributed by atoms with E-state index in [1.807, 2.05) is 30.3 Å². The Balaban J connectivity index is 1.03. The number of aromatic nitrogens is 1. The molecule has 1 unspecified atom stereocenters. The van der Waals surface area contributed by atoms with Crippen molar-refractivity contribution in [3.05, 3.63) is 111 Å². The van der Waals surface area contributed by atoms with Crippen molar-refractivity contribution in [2.24, 2.45) is 0 Å². The summed E-state index contributed by atoms with van der Waals surface area (Å²) in [5.41, 5.74) is 1.17. The lowest BCUT2D eigenvalue weighted by Gasteiger charge is -2.39. The van der Waals surface area contributed by atoms with Gasteiger partial charge in [-0.25, -0.2) is 0 Å². The van der Waals surface area contributed by atoms with E-state index in [1.54, 1.807) is 41.3 Å². The highest BCUT2D eigenvalue weighted by atomic mass is 16.4. The highest BCUT2D eigenvalue weighted by molar-refractivity contribution is 5.98. The number of hydrogen-bond acceptors (Lipinski definition) is 7. The number of carboxylic acids is 1. The number of hydrogen-bond donors (Lipinski definition) is 6. The smallest absolute Gasteiger partial charge is 0.314 e. The minimum Gasteiger partial charge on any atom is -0.506 e. The molecule has 0 bridgehead atoms. The van der Waals surface area contributed by atoms with Gasteiger partial charge in [-0.3, -0.25) is 19.2 Å². The minimum absolute atomic E-state index is 0.0601. The first-order chi connectivity index (χ1) is 22.2.